The van der Waals surface area contributed by atoms with Gasteiger partial charge in [0, 0.05) is 34.7 Å². The molecule has 0 saturated heterocycles. The summed E-state index contributed by atoms with van der Waals surface area (Å²) >= 11 is 0. The number of Topliss-reactive ketones (excluding diaryl/α,β-unsaturated/α-hetero) is 1. The number of allylic oxidation sites excluding steroid dienone is 2. The SMILES string of the molecule is CC1(C)CC(=O)C2=C(C1)Nc1n[nH]c(C(F)(F)F)c1C2c1ccccc1OC(F)(F)F. The van der Waals surface area contributed by atoms with Crippen molar-refractivity contribution < 1.29 is 35.9 Å². The van der Waals surface area contributed by atoms with Crippen LogP contribution >= 0.6 is 0 Å². The molecule has 0 amide bonds. The van der Waals surface area contributed by atoms with Gasteiger partial charge in [0.1, 0.15) is 11.4 Å². The Hall–Kier alpha value is -2.98. The summed E-state index contributed by atoms with van der Waals surface area (Å²) in [5, 5.41) is 8.43. The third kappa shape index (κ3) is 3.88. The average molecular weight is 445 g/mol. The van der Waals surface area contributed by atoms with Crippen LogP contribution in [0.5, 0.6) is 5.75 Å². The van der Waals surface area contributed by atoms with Crippen LogP contribution in [0.2, 0.25) is 0 Å². The summed E-state index contributed by atoms with van der Waals surface area (Å²) in [4.78, 5) is 13.0. The first-order chi connectivity index (χ1) is 14.3. The summed E-state index contributed by atoms with van der Waals surface area (Å²) in [6.45, 7) is 3.65. The van der Waals surface area contributed by atoms with Crippen LogP contribution in [0.4, 0.5) is 32.2 Å². The van der Waals surface area contributed by atoms with Crippen LogP contribution in [0.25, 0.3) is 0 Å². The third-order valence-electron chi connectivity index (χ3n) is 5.31. The average Bonchev–Trinajstić information content (AvgIpc) is 3.02. The number of para-hydroxylation sites is 1. The zero-order chi connectivity index (χ0) is 22.8. The number of fused-ring (bicyclic) bond motifs is 1. The first-order valence-corrected chi connectivity index (χ1v) is 9.30. The van der Waals surface area contributed by atoms with Gasteiger partial charge in [-0.3, -0.25) is 9.89 Å². The van der Waals surface area contributed by atoms with Gasteiger partial charge in [-0.1, -0.05) is 32.0 Å². The molecule has 1 aliphatic heterocycles. The van der Waals surface area contributed by atoms with E-state index in [1.807, 2.05) is 18.9 Å². The molecule has 5 nitrogen and oxygen atoms in total. The summed E-state index contributed by atoms with van der Waals surface area (Å²) in [6, 6.07) is 4.89. The van der Waals surface area contributed by atoms with Gasteiger partial charge in [-0.2, -0.15) is 18.3 Å². The molecule has 1 aromatic heterocycles. The van der Waals surface area contributed by atoms with E-state index in [1.54, 1.807) is 0 Å². The number of carbonyl (C=O) groups is 1. The summed E-state index contributed by atoms with van der Waals surface area (Å²) in [7, 11) is 0. The Balaban J connectivity index is 1.98. The minimum Gasteiger partial charge on any atom is -0.405 e. The summed E-state index contributed by atoms with van der Waals surface area (Å²) in [5.74, 6) is -2.72. The largest absolute Gasteiger partial charge is 0.573 e. The number of ketones is 1. The molecule has 0 radical (unpaired) electrons. The van der Waals surface area contributed by atoms with Crippen LogP contribution in [0.3, 0.4) is 0 Å². The van der Waals surface area contributed by atoms with E-state index < -0.39 is 46.7 Å². The molecule has 1 aromatic carbocycles. The van der Waals surface area contributed by atoms with E-state index in [1.165, 1.54) is 18.2 Å². The summed E-state index contributed by atoms with van der Waals surface area (Å²) in [6.07, 6.45) is -9.57. The van der Waals surface area contributed by atoms with Crippen molar-refractivity contribution in [3.8, 4) is 5.75 Å². The molecule has 1 aliphatic carbocycles. The van der Waals surface area contributed by atoms with Crippen molar-refractivity contribution in [1.29, 1.82) is 0 Å². The van der Waals surface area contributed by atoms with Crippen molar-refractivity contribution in [3.63, 3.8) is 0 Å². The number of nitrogens with one attached hydrogen (secondary N) is 2. The van der Waals surface area contributed by atoms with Crippen molar-refractivity contribution >= 4 is 11.6 Å². The lowest BCUT2D eigenvalue weighted by atomic mass is 9.69. The number of hydrogen-bond donors (Lipinski definition) is 2. The maximum atomic E-state index is 13.7. The quantitative estimate of drug-likeness (QED) is 0.597. The highest BCUT2D eigenvalue weighted by Crippen LogP contribution is 2.53. The minimum atomic E-state index is -5.06. The predicted octanol–water partition coefficient (Wildman–Crippen LogP) is 5.53. The first-order valence-electron chi connectivity index (χ1n) is 9.30. The Labute approximate surface area is 172 Å². The number of nitrogens with zero attached hydrogens (tertiary/aromatic N) is 1. The molecule has 1 unspecified atom stereocenters. The van der Waals surface area contributed by atoms with E-state index in [4.69, 9.17) is 0 Å². The molecule has 166 valence electrons. The van der Waals surface area contributed by atoms with E-state index in [0.29, 0.717) is 12.1 Å². The van der Waals surface area contributed by atoms with E-state index in [2.05, 4.69) is 15.2 Å². The Kier molecular flexibility index (Phi) is 4.64. The highest BCUT2D eigenvalue weighted by molar-refractivity contribution is 6.01. The van der Waals surface area contributed by atoms with Gasteiger partial charge in [0.25, 0.3) is 0 Å². The van der Waals surface area contributed by atoms with Crippen molar-refractivity contribution in [2.75, 3.05) is 5.32 Å². The smallest absolute Gasteiger partial charge is 0.405 e. The van der Waals surface area contributed by atoms with Crippen LogP contribution in [-0.4, -0.2) is 22.3 Å². The normalized spacial score (nSPS) is 20.8. The highest BCUT2D eigenvalue weighted by atomic mass is 19.4. The van der Waals surface area contributed by atoms with E-state index in [9.17, 15) is 31.1 Å². The topological polar surface area (TPSA) is 67.0 Å². The standard InChI is InChI=1S/C20H17F6N3O2/c1-18(2)7-10-14(11(30)8-18)13(9-5-3-4-6-12(9)31-20(24,25)26)15-16(19(21,22)23)28-29-17(15)27-10/h3-6,13H,7-8H2,1-2H3,(H2,27,28,29). The Morgan fingerprint density at radius 1 is 1.10 bits per heavy atom. The van der Waals surface area contributed by atoms with Crippen LogP contribution in [-0.2, 0) is 11.0 Å². The van der Waals surface area contributed by atoms with Crippen LogP contribution in [0.1, 0.15) is 49.4 Å². The second kappa shape index (κ2) is 6.76. The highest BCUT2D eigenvalue weighted by Gasteiger charge is 2.48. The number of anilines is 1. The predicted molar refractivity (Wildman–Crippen MR) is 97.2 cm³/mol. The Morgan fingerprint density at radius 2 is 1.77 bits per heavy atom. The third-order valence-corrected chi connectivity index (χ3v) is 5.31. The number of aromatic nitrogens is 2. The number of carbonyl (C=O) groups excluding carboxylic acids is 1. The van der Waals surface area contributed by atoms with Crippen molar-refractivity contribution in [1.82, 2.24) is 10.2 Å². The molecule has 4 rings (SSSR count). The fourth-order valence-electron chi connectivity index (χ4n) is 4.26. The van der Waals surface area contributed by atoms with Gasteiger partial charge in [0.05, 0.1) is 0 Å². The number of benzene rings is 1. The van der Waals surface area contributed by atoms with Gasteiger partial charge in [-0.25, -0.2) is 0 Å². The lowest BCUT2D eigenvalue weighted by Gasteiger charge is -2.38. The number of halogens is 6. The second-order valence-corrected chi connectivity index (χ2v) is 8.34. The molecule has 1 atom stereocenters. The molecule has 31 heavy (non-hydrogen) atoms. The van der Waals surface area contributed by atoms with Crippen LogP contribution in [0.15, 0.2) is 35.5 Å². The fourth-order valence-corrected chi connectivity index (χ4v) is 4.26. The lowest BCUT2D eigenvalue weighted by Crippen LogP contribution is -2.34. The van der Waals surface area contributed by atoms with Gasteiger partial charge in [0.2, 0.25) is 0 Å². The number of alkyl halides is 6. The maximum absolute atomic E-state index is 13.7. The van der Waals surface area contributed by atoms with Crippen LogP contribution in [0, 0.1) is 5.41 Å². The van der Waals surface area contributed by atoms with E-state index >= 15 is 0 Å². The number of H-pyrrole nitrogens is 1. The number of rotatable bonds is 2. The maximum Gasteiger partial charge on any atom is 0.573 e. The minimum absolute atomic E-state index is 0.00282. The van der Waals surface area contributed by atoms with Gasteiger partial charge in [-0.05, 0) is 17.9 Å². The Bertz CT molecular complexity index is 1080. The second-order valence-electron chi connectivity index (χ2n) is 8.34. The van der Waals surface area contributed by atoms with E-state index in [0.717, 1.165) is 6.07 Å². The molecular weight excluding hydrogens is 428 g/mol. The molecule has 0 saturated carbocycles. The number of aromatic amines is 1. The zero-order valence-corrected chi connectivity index (χ0v) is 16.3. The molecule has 2 heterocycles. The molecule has 0 fully saturated rings. The van der Waals surface area contributed by atoms with Gasteiger partial charge < -0.3 is 10.1 Å². The Morgan fingerprint density at radius 3 is 2.42 bits per heavy atom. The molecule has 0 bridgehead atoms. The first kappa shape index (κ1) is 21.3. The van der Waals surface area contributed by atoms with Gasteiger partial charge in [-0.15, -0.1) is 13.2 Å². The van der Waals surface area contributed by atoms with Gasteiger partial charge in [0.15, 0.2) is 11.6 Å². The van der Waals surface area contributed by atoms with Crippen molar-refractivity contribution in [2.45, 2.75) is 45.1 Å². The molecule has 0 spiro atoms. The van der Waals surface area contributed by atoms with Crippen molar-refractivity contribution in [2.24, 2.45) is 5.41 Å². The summed E-state index contributed by atoms with van der Waals surface area (Å²) in [5.41, 5.74) is -1.99. The monoisotopic (exact) mass is 445 g/mol. The van der Waals surface area contributed by atoms with E-state index in [-0.39, 0.29) is 23.4 Å². The molecule has 2 aromatic rings. The number of hydrogen-bond acceptors (Lipinski definition) is 4. The molecule has 11 heteroatoms. The van der Waals surface area contributed by atoms with Gasteiger partial charge >= 0.3 is 12.5 Å². The molecule has 2 N–H and O–H groups in total. The van der Waals surface area contributed by atoms with Crippen LogP contribution < -0.4 is 10.1 Å². The molecule has 2 aliphatic rings. The summed E-state index contributed by atoms with van der Waals surface area (Å²) < 4.78 is 84.2. The number of ether oxygens (including phenoxy) is 1. The molecular formula is C20H17F6N3O2. The van der Waals surface area contributed by atoms with Crippen molar-refractivity contribution in [3.05, 3.63) is 52.4 Å². The fraction of sp³-hybridized carbons (Fsp3) is 0.400. The lowest BCUT2D eigenvalue weighted by molar-refractivity contribution is -0.274. The zero-order valence-electron chi connectivity index (χ0n) is 16.3.